The van der Waals surface area contributed by atoms with Crippen molar-refractivity contribution in [2.24, 2.45) is 17.3 Å². The molecule has 1 unspecified atom stereocenters. The second-order valence-electron chi connectivity index (χ2n) is 7.46. The first-order chi connectivity index (χ1) is 14.0. The maximum absolute atomic E-state index is 13.7. The lowest BCUT2D eigenvalue weighted by atomic mass is 10.1. The van der Waals surface area contributed by atoms with Crippen LogP contribution in [0, 0.1) is 17.3 Å². The molecule has 1 aromatic carbocycles. The van der Waals surface area contributed by atoms with Crippen LogP contribution in [-0.2, 0) is 9.53 Å². The van der Waals surface area contributed by atoms with E-state index >= 15 is 0 Å². The molecule has 0 spiro atoms. The number of para-hydroxylation sites is 1. The molecule has 0 N–H and O–H groups in total. The average Bonchev–Trinajstić information content (AvgIpc) is 3.19. The van der Waals surface area contributed by atoms with Gasteiger partial charge in [-0.1, -0.05) is 61.3 Å². The van der Waals surface area contributed by atoms with Gasteiger partial charge >= 0.3 is 12.1 Å². The Morgan fingerprint density at radius 2 is 1.80 bits per heavy atom. The summed E-state index contributed by atoms with van der Waals surface area (Å²) < 4.78 is 51.4. The van der Waals surface area contributed by atoms with Gasteiger partial charge in [0.15, 0.2) is 0 Å². The molecule has 3 atom stereocenters. The van der Waals surface area contributed by atoms with Crippen molar-refractivity contribution in [1.82, 2.24) is 4.98 Å². The number of aromatic nitrogens is 1. The molecule has 0 bridgehead atoms. The molecule has 1 aliphatic carbocycles. The Balaban J connectivity index is 1.81. The van der Waals surface area contributed by atoms with Crippen LogP contribution in [0.1, 0.15) is 25.6 Å². The van der Waals surface area contributed by atoms with E-state index in [9.17, 15) is 18.0 Å². The first-order valence-corrected chi connectivity index (χ1v) is 9.75. The molecular formula is C21H18Cl2F3NO3. The van der Waals surface area contributed by atoms with Crippen molar-refractivity contribution in [3.63, 3.8) is 0 Å². The number of pyridine rings is 1. The van der Waals surface area contributed by atoms with Crippen LogP contribution in [0.15, 0.2) is 59.1 Å². The number of nitrogens with zero attached hydrogens (tertiary/aromatic N) is 1. The molecule has 1 aliphatic rings. The Labute approximate surface area is 181 Å². The van der Waals surface area contributed by atoms with Gasteiger partial charge in [0.2, 0.25) is 12.0 Å². The van der Waals surface area contributed by atoms with Gasteiger partial charge in [0, 0.05) is 6.07 Å². The highest BCUT2D eigenvalue weighted by molar-refractivity contribution is 6.55. The highest BCUT2D eigenvalue weighted by Crippen LogP contribution is 2.60. The van der Waals surface area contributed by atoms with Gasteiger partial charge in [-0.2, -0.15) is 13.2 Å². The molecule has 3 rings (SSSR count). The minimum atomic E-state index is -4.86. The lowest BCUT2D eigenvalue weighted by Crippen LogP contribution is -2.28. The van der Waals surface area contributed by atoms with Crippen LogP contribution in [0.2, 0.25) is 0 Å². The quantitative estimate of drug-likeness (QED) is 0.455. The Bertz CT molecular complexity index is 944. The van der Waals surface area contributed by atoms with E-state index in [4.69, 9.17) is 32.7 Å². The molecular weight excluding hydrogens is 442 g/mol. The molecule has 0 aliphatic heterocycles. The van der Waals surface area contributed by atoms with E-state index in [1.54, 1.807) is 44.2 Å². The van der Waals surface area contributed by atoms with Crippen LogP contribution < -0.4 is 4.74 Å². The summed E-state index contributed by atoms with van der Waals surface area (Å²) in [5.74, 6) is -1.84. The summed E-state index contributed by atoms with van der Waals surface area (Å²) in [7, 11) is 0. The van der Waals surface area contributed by atoms with Gasteiger partial charge in [0.05, 0.1) is 11.6 Å². The van der Waals surface area contributed by atoms with E-state index in [1.165, 1.54) is 18.2 Å². The standard InChI is InChI=1S/C21H18Cl2F3NO3/c1-20(2)13(11-15(22)23)17(20)19(28)30-18(21(24,25)26)14-9-6-10-16(27-14)29-12-7-4-3-5-8-12/h3-11,13,17-18H,1-2H3/t13-,17-,18?/m1/s1. The number of ether oxygens (including phenoxy) is 2. The lowest BCUT2D eigenvalue weighted by Gasteiger charge is -2.21. The van der Waals surface area contributed by atoms with Crippen molar-refractivity contribution in [2.75, 3.05) is 0 Å². The second-order valence-corrected chi connectivity index (χ2v) is 8.46. The van der Waals surface area contributed by atoms with Crippen molar-refractivity contribution in [3.05, 3.63) is 64.8 Å². The summed E-state index contributed by atoms with van der Waals surface area (Å²) in [4.78, 5) is 16.4. The molecule has 9 heteroatoms. The van der Waals surface area contributed by atoms with E-state index in [2.05, 4.69) is 4.98 Å². The highest BCUT2D eigenvalue weighted by atomic mass is 35.5. The normalized spacial score (nSPS) is 20.8. The topological polar surface area (TPSA) is 48.4 Å². The van der Waals surface area contributed by atoms with Gasteiger partial charge < -0.3 is 9.47 Å². The van der Waals surface area contributed by atoms with Gasteiger partial charge in [-0.15, -0.1) is 0 Å². The smallest absolute Gasteiger partial charge is 0.431 e. The molecule has 160 valence electrons. The van der Waals surface area contributed by atoms with Gasteiger partial charge in [-0.25, -0.2) is 4.98 Å². The van der Waals surface area contributed by atoms with E-state index in [-0.39, 0.29) is 10.4 Å². The van der Waals surface area contributed by atoms with Crippen molar-refractivity contribution in [1.29, 1.82) is 0 Å². The Morgan fingerprint density at radius 3 is 2.40 bits per heavy atom. The van der Waals surface area contributed by atoms with Crippen molar-refractivity contribution < 1.29 is 27.4 Å². The lowest BCUT2D eigenvalue weighted by molar-refractivity contribution is -0.226. The molecule has 1 aromatic heterocycles. The summed E-state index contributed by atoms with van der Waals surface area (Å²) in [5.41, 5.74) is -1.10. The van der Waals surface area contributed by atoms with Gasteiger partial charge in [-0.05, 0) is 35.6 Å². The zero-order valence-corrected chi connectivity index (χ0v) is 17.5. The predicted octanol–water partition coefficient (Wildman–Crippen LogP) is 6.61. The molecule has 0 amide bonds. The van der Waals surface area contributed by atoms with E-state index < -0.39 is 41.2 Å². The van der Waals surface area contributed by atoms with Crippen LogP contribution >= 0.6 is 23.2 Å². The van der Waals surface area contributed by atoms with E-state index in [1.807, 2.05) is 0 Å². The molecule has 1 saturated carbocycles. The third-order valence-electron chi connectivity index (χ3n) is 4.98. The Morgan fingerprint density at radius 1 is 1.13 bits per heavy atom. The third kappa shape index (κ3) is 5.08. The van der Waals surface area contributed by atoms with Gasteiger partial charge in [0.1, 0.15) is 10.2 Å². The van der Waals surface area contributed by atoms with Crippen LogP contribution in [0.3, 0.4) is 0 Å². The number of halogens is 5. The van der Waals surface area contributed by atoms with Crippen molar-refractivity contribution in [3.8, 4) is 11.6 Å². The molecule has 1 heterocycles. The molecule has 2 aromatic rings. The number of esters is 1. The van der Waals surface area contributed by atoms with Crippen molar-refractivity contribution in [2.45, 2.75) is 26.1 Å². The minimum absolute atomic E-state index is 0.0505. The SMILES string of the molecule is CC1(C)[C@H](C=C(Cl)Cl)[C@@H]1C(=O)OC(c1cccc(Oc2ccccc2)n1)C(F)(F)F. The minimum Gasteiger partial charge on any atom is -0.446 e. The maximum Gasteiger partial charge on any atom is 0.431 e. The zero-order valence-electron chi connectivity index (χ0n) is 16.0. The number of rotatable bonds is 6. The van der Waals surface area contributed by atoms with Crippen LogP contribution in [-0.4, -0.2) is 17.1 Å². The summed E-state index contributed by atoms with van der Waals surface area (Å²) >= 11 is 11.3. The zero-order chi connectivity index (χ0) is 22.1. The van der Waals surface area contributed by atoms with E-state index in [0.717, 1.165) is 6.07 Å². The fourth-order valence-corrected chi connectivity index (χ4v) is 3.57. The largest absolute Gasteiger partial charge is 0.446 e. The molecule has 1 fully saturated rings. The number of allylic oxidation sites excluding steroid dienone is 1. The number of alkyl halides is 3. The molecule has 0 saturated heterocycles. The number of hydrogen-bond acceptors (Lipinski definition) is 4. The predicted molar refractivity (Wildman–Crippen MR) is 106 cm³/mol. The van der Waals surface area contributed by atoms with Gasteiger partial charge in [-0.3, -0.25) is 4.79 Å². The fraction of sp³-hybridized carbons (Fsp3) is 0.333. The molecule has 30 heavy (non-hydrogen) atoms. The summed E-state index contributed by atoms with van der Waals surface area (Å²) in [6.45, 7) is 3.46. The molecule has 0 radical (unpaired) electrons. The summed E-state index contributed by atoms with van der Waals surface area (Å²) in [5, 5.41) is 0. The number of hydrogen-bond donors (Lipinski definition) is 0. The Kier molecular flexibility index (Phi) is 6.34. The fourth-order valence-electron chi connectivity index (χ4n) is 3.30. The average molecular weight is 460 g/mol. The maximum atomic E-state index is 13.7. The number of carbonyl (C=O) groups is 1. The number of benzene rings is 1. The third-order valence-corrected chi connectivity index (χ3v) is 5.23. The first kappa shape index (κ1) is 22.4. The van der Waals surface area contributed by atoms with Crippen LogP contribution in [0.5, 0.6) is 11.6 Å². The summed E-state index contributed by atoms with van der Waals surface area (Å²) in [6, 6.07) is 12.4. The molecule has 4 nitrogen and oxygen atoms in total. The number of carbonyl (C=O) groups excluding carboxylic acids is 1. The highest BCUT2D eigenvalue weighted by Gasteiger charge is 2.62. The Hall–Kier alpha value is -2.25. The van der Waals surface area contributed by atoms with Crippen LogP contribution in [0.25, 0.3) is 0 Å². The monoisotopic (exact) mass is 459 g/mol. The van der Waals surface area contributed by atoms with Gasteiger partial charge in [0.25, 0.3) is 0 Å². The van der Waals surface area contributed by atoms with Crippen LogP contribution in [0.4, 0.5) is 13.2 Å². The summed E-state index contributed by atoms with van der Waals surface area (Å²) in [6.07, 6.45) is -5.95. The first-order valence-electron chi connectivity index (χ1n) is 9.00. The van der Waals surface area contributed by atoms with E-state index in [0.29, 0.717) is 5.75 Å². The van der Waals surface area contributed by atoms with Crippen molar-refractivity contribution >= 4 is 29.2 Å². The second kappa shape index (κ2) is 8.47.